The molecule has 0 unspecified atom stereocenters. The lowest BCUT2D eigenvalue weighted by atomic mass is 9.80. The molecule has 0 saturated heterocycles. The first-order valence-electron chi connectivity index (χ1n) is 8.59. The molecule has 0 bridgehead atoms. The van der Waals surface area contributed by atoms with E-state index in [0.717, 1.165) is 30.9 Å². The van der Waals surface area contributed by atoms with Gasteiger partial charge < -0.3 is 10.6 Å². The summed E-state index contributed by atoms with van der Waals surface area (Å²) in [6, 6.07) is 6.75. The molecule has 0 radical (unpaired) electrons. The van der Waals surface area contributed by atoms with Crippen LogP contribution in [-0.4, -0.2) is 35.4 Å². The fourth-order valence-electron chi connectivity index (χ4n) is 3.38. The van der Waals surface area contributed by atoms with Crippen LogP contribution in [0.1, 0.15) is 43.3 Å². The minimum absolute atomic E-state index is 0.520. The van der Waals surface area contributed by atoms with Gasteiger partial charge in [0.25, 0.3) is 0 Å². The third-order valence-electron chi connectivity index (χ3n) is 5.11. The van der Waals surface area contributed by atoms with Gasteiger partial charge >= 0.3 is 0 Å². The van der Waals surface area contributed by atoms with Gasteiger partial charge in [-0.1, -0.05) is 6.07 Å². The molecule has 0 aliphatic heterocycles. The highest BCUT2D eigenvalue weighted by molar-refractivity contribution is 5.64. The van der Waals surface area contributed by atoms with Crippen molar-refractivity contribution in [3.05, 3.63) is 30.1 Å². The molecule has 5 nitrogen and oxygen atoms in total. The Morgan fingerprint density at radius 3 is 2.70 bits per heavy atom. The highest BCUT2D eigenvalue weighted by Gasteiger charge is 2.34. The summed E-state index contributed by atoms with van der Waals surface area (Å²) in [5.74, 6) is 2.29. The Kier molecular flexibility index (Phi) is 3.60. The first-order chi connectivity index (χ1) is 11.2. The summed E-state index contributed by atoms with van der Waals surface area (Å²) in [6.45, 7) is 0.798. The van der Waals surface area contributed by atoms with Crippen molar-refractivity contribution >= 4 is 5.82 Å². The molecule has 23 heavy (non-hydrogen) atoms. The first-order valence-corrected chi connectivity index (χ1v) is 8.59. The number of aromatic nitrogens is 3. The van der Waals surface area contributed by atoms with Crippen molar-refractivity contribution < 1.29 is 0 Å². The second-order valence-electron chi connectivity index (χ2n) is 7.18. The van der Waals surface area contributed by atoms with E-state index in [9.17, 15) is 0 Å². The fourth-order valence-corrected chi connectivity index (χ4v) is 3.38. The second kappa shape index (κ2) is 5.64. The fraction of sp³-hybridized carbons (Fsp3) is 0.556. The van der Waals surface area contributed by atoms with Gasteiger partial charge in [-0.25, -0.2) is 4.98 Å². The Labute approximate surface area is 137 Å². The Morgan fingerprint density at radius 1 is 1.26 bits per heavy atom. The molecule has 0 aromatic carbocycles. The van der Waals surface area contributed by atoms with Crippen molar-refractivity contribution in [2.75, 3.05) is 25.5 Å². The van der Waals surface area contributed by atoms with Crippen molar-refractivity contribution in [1.29, 1.82) is 0 Å². The molecular weight excluding hydrogens is 286 g/mol. The maximum atomic E-state index is 5.76. The van der Waals surface area contributed by atoms with Gasteiger partial charge in [-0.05, 0) is 50.3 Å². The van der Waals surface area contributed by atoms with Crippen molar-refractivity contribution in [3.8, 4) is 11.3 Å². The van der Waals surface area contributed by atoms with Crippen molar-refractivity contribution in [3.63, 3.8) is 0 Å². The average Bonchev–Trinajstić information content (AvgIpc) is 3.26. The van der Waals surface area contributed by atoms with Gasteiger partial charge in [0, 0.05) is 31.8 Å². The second-order valence-corrected chi connectivity index (χ2v) is 7.18. The Morgan fingerprint density at radius 2 is 2.04 bits per heavy atom. The van der Waals surface area contributed by atoms with Crippen LogP contribution in [0.15, 0.2) is 24.4 Å². The number of anilines is 1. The molecule has 0 spiro atoms. The SMILES string of the molecule is CN(C)c1cccc(-c2cn(C3CC(CN)C3)nc2C2CC2)n1. The number of nitrogens with zero attached hydrogens (tertiary/aromatic N) is 4. The maximum absolute atomic E-state index is 5.76. The number of nitrogens with two attached hydrogens (primary N) is 1. The average molecular weight is 311 g/mol. The zero-order chi connectivity index (χ0) is 16.0. The van der Waals surface area contributed by atoms with E-state index in [1.165, 1.54) is 24.1 Å². The highest BCUT2D eigenvalue weighted by Crippen LogP contribution is 2.45. The standard InChI is InChI=1S/C18H25N5/c1-22(2)17-5-3-4-16(20-17)15-11-23(14-8-12(9-14)10-19)21-18(15)13-6-7-13/h3-5,11-14H,6-10,19H2,1-2H3. The molecule has 5 heteroatoms. The smallest absolute Gasteiger partial charge is 0.128 e. The maximum Gasteiger partial charge on any atom is 0.128 e. The number of hydrogen-bond donors (Lipinski definition) is 1. The normalized spacial score (nSPS) is 23.6. The Bertz CT molecular complexity index is 695. The molecule has 122 valence electrons. The molecule has 2 aromatic rings. The Balaban J connectivity index is 1.67. The van der Waals surface area contributed by atoms with Gasteiger partial charge in [0.1, 0.15) is 5.82 Å². The summed E-state index contributed by atoms with van der Waals surface area (Å²) in [5.41, 5.74) is 9.26. The van der Waals surface area contributed by atoms with Crippen molar-refractivity contribution in [1.82, 2.24) is 14.8 Å². The summed E-state index contributed by atoms with van der Waals surface area (Å²) in [5, 5.41) is 4.94. The van der Waals surface area contributed by atoms with Gasteiger partial charge in [-0.2, -0.15) is 5.10 Å². The quantitative estimate of drug-likeness (QED) is 0.922. The monoisotopic (exact) mass is 311 g/mol. The molecule has 2 saturated carbocycles. The molecule has 0 atom stereocenters. The molecule has 2 aliphatic carbocycles. The van der Waals surface area contributed by atoms with Gasteiger partial charge in [-0.15, -0.1) is 0 Å². The summed E-state index contributed by atoms with van der Waals surface area (Å²) in [6.07, 6.45) is 7.05. The van der Waals surface area contributed by atoms with E-state index in [4.69, 9.17) is 15.8 Å². The zero-order valence-electron chi connectivity index (χ0n) is 13.9. The predicted molar refractivity (Wildman–Crippen MR) is 92.6 cm³/mol. The minimum Gasteiger partial charge on any atom is -0.363 e. The van der Waals surface area contributed by atoms with Gasteiger partial charge in [0.05, 0.1) is 17.4 Å². The molecule has 2 N–H and O–H groups in total. The van der Waals surface area contributed by atoms with E-state index in [2.05, 4.69) is 23.0 Å². The van der Waals surface area contributed by atoms with Crippen LogP contribution in [0.5, 0.6) is 0 Å². The zero-order valence-corrected chi connectivity index (χ0v) is 13.9. The van der Waals surface area contributed by atoms with Crippen LogP contribution in [-0.2, 0) is 0 Å². The molecule has 2 fully saturated rings. The van der Waals surface area contributed by atoms with E-state index in [0.29, 0.717) is 17.9 Å². The molecule has 2 heterocycles. The van der Waals surface area contributed by atoms with E-state index in [1.54, 1.807) is 0 Å². The van der Waals surface area contributed by atoms with Crippen LogP contribution < -0.4 is 10.6 Å². The number of pyridine rings is 1. The van der Waals surface area contributed by atoms with Crippen LogP contribution in [0.2, 0.25) is 0 Å². The largest absolute Gasteiger partial charge is 0.363 e. The molecule has 2 aromatic heterocycles. The third-order valence-corrected chi connectivity index (χ3v) is 5.11. The lowest BCUT2D eigenvalue weighted by Gasteiger charge is -2.34. The minimum atomic E-state index is 0.520. The molecule has 4 rings (SSSR count). The van der Waals surface area contributed by atoms with Gasteiger partial charge in [0.2, 0.25) is 0 Å². The van der Waals surface area contributed by atoms with Gasteiger partial charge in [0.15, 0.2) is 0 Å². The summed E-state index contributed by atoms with van der Waals surface area (Å²) in [7, 11) is 4.05. The lowest BCUT2D eigenvalue weighted by Crippen LogP contribution is -2.32. The topological polar surface area (TPSA) is 60.0 Å². The summed E-state index contributed by atoms with van der Waals surface area (Å²) < 4.78 is 2.18. The van der Waals surface area contributed by atoms with Crippen LogP contribution in [0.3, 0.4) is 0 Å². The highest BCUT2D eigenvalue weighted by atomic mass is 15.3. The van der Waals surface area contributed by atoms with E-state index < -0.39 is 0 Å². The third kappa shape index (κ3) is 2.74. The first kappa shape index (κ1) is 14.7. The van der Waals surface area contributed by atoms with Crippen molar-refractivity contribution in [2.24, 2.45) is 11.7 Å². The summed E-state index contributed by atoms with van der Waals surface area (Å²) in [4.78, 5) is 6.86. The van der Waals surface area contributed by atoms with E-state index >= 15 is 0 Å². The molecular formula is C18H25N5. The molecule has 2 aliphatic rings. The number of rotatable bonds is 5. The Hall–Kier alpha value is -1.88. The predicted octanol–water partition coefficient (Wildman–Crippen LogP) is 2.80. The van der Waals surface area contributed by atoms with Crippen LogP contribution in [0, 0.1) is 5.92 Å². The van der Waals surface area contributed by atoms with E-state index in [1.807, 2.05) is 25.1 Å². The van der Waals surface area contributed by atoms with Crippen LogP contribution in [0.25, 0.3) is 11.3 Å². The van der Waals surface area contributed by atoms with Crippen LogP contribution in [0.4, 0.5) is 5.82 Å². The van der Waals surface area contributed by atoms with Gasteiger partial charge in [-0.3, -0.25) is 4.68 Å². The summed E-state index contributed by atoms with van der Waals surface area (Å²) >= 11 is 0. The van der Waals surface area contributed by atoms with Crippen molar-refractivity contribution in [2.45, 2.75) is 37.6 Å². The number of hydrogen-bond acceptors (Lipinski definition) is 4. The molecule has 0 amide bonds. The van der Waals surface area contributed by atoms with E-state index in [-0.39, 0.29) is 0 Å². The van der Waals surface area contributed by atoms with Crippen LogP contribution >= 0.6 is 0 Å². The lowest BCUT2D eigenvalue weighted by molar-refractivity contribution is 0.189.